The van der Waals surface area contributed by atoms with E-state index in [1.54, 1.807) is 41.2 Å². The van der Waals surface area contributed by atoms with Gasteiger partial charge in [0.2, 0.25) is 0 Å². The summed E-state index contributed by atoms with van der Waals surface area (Å²) in [6, 6.07) is 13.1. The molecule has 4 heterocycles. The summed E-state index contributed by atoms with van der Waals surface area (Å²) >= 11 is 0. The van der Waals surface area contributed by atoms with Crippen LogP contribution in [0.4, 0.5) is 21.0 Å². The minimum Gasteiger partial charge on any atom is -0.497 e. The minimum atomic E-state index is -1.34. The number of ether oxygens (including phenoxy) is 7. The summed E-state index contributed by atoms with van der Waals surface area (Å²) in [4.78, 5) is 61.5. The normalized spacial score (nSPS) is 20.2. The van der Waals surface area contributed by atoms with Crippen LogP contribution < -0.4 is 33.5 Å². The van der Waals surface area contributed by atoms with Gasteiger partial charge in [-0.15, -0.1) is 0 Å². The summed E-state index contributed by atoms with van der Waals surface area (Å²) in [7, 11) is 4.59. The third-order valence-corrected chi connectivity index (χ3v) is 12.9. The van der Waals surface area contributed by atoms with Crippen molar-refractivity contribution in [1.82, 2.24) is 9.80 Å². The molecule has 8 rings (SSSR count). The molecule has 65 heavy (non-hydrogen) atoms. The summed E-state index contributed by atoms with van der Waals surface area (Å²) in [5.74, 6) is 1.47. The number of nitrogens with zero attached hydrogens (tertiary/aromatic N) is 4. The van der Waals surface area contributed by atoms with E-state index in [-0.39, 0.29) is 73.1 Å². The maximum Gasteiger partial charge on any atom is 0.416 e. The number of methoxy groups -OCH3 is 3. The fraction of sp³-hybridized carbons (Fsp3) is 0.429. The summed E-state index contributed by atoms with van der Waals surface area (Å²) in [6.45, 7) is 8.48. The standard InChI is InChI=1S/C49H56N4O12/c1-6-19-64-47(57)51-29-33-23-32(31-11-13-34(59-3)14-12-31)28-50(33)44(54)35-24-40(60-4)42(26-38(35)51)62-21-9-8-10-22-63-43-27-39-36(25-41(43)61-5)45(55)52-30-49(17-18-49)16-15-37(52)46(56)53(39)48(58)65-20-7-2/h6-7,11-14,24-28,33,37,46,56H,1-2,8-10,15-23,29-30H2,3-5H3/t33-,37-,46?/m0/s1. The summed E-state index contributed by atoms with van der Waals surface area (Å²) in [5, 5.41) is 11.7. The zero-order valence-corrected chi connectivity index (χ0v) is 37.1. The number of carbonyl (C=O) groups excluding carboxylic acids is 4. The Bertz CT molecular complexity index is 2360. The van der Waals surface area contributed by atoms with Crippen molar-refractivity contribution in [2.75, 3.05) is 70.6 Å². The first-order valence-corrected chi connectivity index (χ1v) is 22.0. The number of anilines is 2. The average Bonchev–Trinajstić information content (AvgIpc) is 3.98. The van der Waals surface area contributed by atoms with Crippen LogP contribution in [0, 0.1) is 5.41 Å². The molecular formula is C49H56N4O12. The minimum absolute atomic E-state index is 0.00349. The number of amides is 4. The van der Waals surface area contributed by atoms with E-state index in [0.717, 1.165) is 41.0 Å². The molecule has 3 aromatic carbocycles. The molecule has 5 aliphatic rings. The highest BCUT2D eigenvalue weighted by molar-refractivity contribution is 6.07. The van der Waals surface area contributed by atoms with E-state index in [2.05, 4.69) is 13.2 Å². The number of unbranched alkanes of at least 4 members (excludes halogenated alkanes) is 2. The molecule has 0 bridgehead atoms. The van der Waals surface area contributed by atoms with Gasteiger partial charge in [0.05, 0.1) is 75.7 Å². The van der Waals surface area contributed by atoms with Crippen LogP contribution >= 0.6 is 0 Å². The maximum atomic E-state index is 14.2. The first-order valence-electron chi connectivity index (χ1n) is 22.0. The first-order chi connectivity index (χ1) is 31.5. The van der Waals surface area contributed by atoms with Crippen molar-refractivity contribution in [3.05, 3.63) is 96.7 Å². The van der Waals surface area contributed by atoms with Crippen molar-refractivity contribution < 1.29 is 57.4 Å². The van der Waals surface area contributed by atoms with Crippen LogP contribution in [0.1, 0.15) is 77.6 Å². The molecule has 16 nitrogen and oxygen atoms in total. The van der Waals surface area contributed by atoms with Gasteiger partial charge in [0.15, 0.2) is 29.2 Å². The summed E-state index contributed by atoms with van der Waals surface area (Å²) < 4.78 is 40.1. The Morgan fingerprint density at radius 1 is 0.769 bits per heavy atom. The lowest BCUT2D eigenvalue weighted by Gasteiger charge is -2.42. The molecule has 1 spiro atoms. The largest absolute Gasteiger partial charge is 0.497 e. The van der Waals surface area contributed by atoms with Gasteiger partial charge < -0.3 is 48.1 Å². The van der Waals surface area contributed by atoms with Gasteiger partial charge in [0.1, 0.15) is 19.0 Å². The molecule has 1 saturated carbocycles. The highest BCUT2D eigenvalue weighted by Crippen LogP contribution is 2.55. The lowest BCUT2D eigenvalue weighted by Crippen LogP contribution is -2.56. The molecule has 1 unspecified atom stereocenters. The second kappa shape index (κ2) is 19.2. The summed E-state index contributed by atoms with van der Waals surface area (Å²) in [5.41, 5.74) is 2.98. The number of aliphatic hydroxyl groups excluding tert-OH is 1. The molecule has 3 atom stereocenters. The molecule has 4 aliphatic heterocycles. The monoisotopic (exact) mass is 892 g/mol. The number of aliphatic hydroxyl groups is 1. The average molecular weight is 893 g/mol. The number of carbonyl (C=O) groups is 4. The van der Waals surface area contributed by atoms with Crippen LogP contribution in [0.5, 0.6) is 28.7 Å². The number of hydrogen-bond donors (Lipinski definition) is 1. The van der Waals surface area contributed by atoms with Gasteiger partial charge in [-0.3, -0.25) is 14.5 Å². The third kappa shape index (κ3) is 9.04. The molecule has 0 aromatic heterocycles. The molecule has 344 valence electrons. The van der Waals surface area contributed by atoms with E-state index >= 15 is 0 Å². The Labute approximate surface area is 378 Å². The van der Waals surface area contributed by atoms with Crippen molar-refractivity contribution in [3.8, 4) is 28.7 Å². The van der Waals surface area contributed by atoms with Crippen molar-refractivity contribution in [2.24, 2.45) is 5.41 Å². The Morgan fingerprint density at radius 3 is 1.98 bits per heavy atom. The van der Waals surface area contributed by atoms with E-state index in [9.17, 15) is 24.3 Å². The van der Waals surface area contributed by atoms with Gasteiger partial charge in [-0.05, 0) is 92.2 Å². The number of piperidine rings is 1. The number of hydrogen-bond acceptors (Lipinski definition) is 12. The lowest BCUT2D eigenvalue weighted by atomic mass is 9.89. The molecule has 1 saturated heterocycles. The molecular weight excluding hydrogens is 837 g/mol. The van der Waals surface area contributed by atoms with Gasteiger partial charge in [0.25, 0.3) is 11.8 Å². The van der Waals surface area contributed by atoms with E-state index in [4.69, 9.17) is 33.2 Å². The topological polar surface area (TPSA) is 166 Å². The lowest BCUT2D eigenvalue weighted by molar-refractivity contribution is 0.00837. The fourth-order valence-corrected chi connectivity index (χ4v) is 9.20. The van der Waals surface area contributed by atoms with Crippen molar-refractivity contribution in [2.45, 2.75) is 69.7 Å². The Morgan fingerprint density at radius 2 is 1.38 bits per heavy atom. The second-order valence-corrected chi connectivity index (χ2v) is 16.9. The van der Waals surface area contributed by atoms with Crippen LogP contribution in [-0.2, 0) is 9.47 Å². The predicted octanol–water partition coefficient (Wildman–Crippen LogP) is 7.58. The Kier molecular flexibility index (Phi) is 13.3. The van der Waals surface area contributed by atoms with Gasteiger partial charge in [-0.2, -0.15) is 0 Å². The highest BCUT2D eigenvalue weighted by atomic mass is 16.6. The highest BCUT2D eigenvalue weighted by Gasteiger charge is 2.54. The Hall–Kier alpha value is -6.68. The smallest absolute Gasteiger partial charge is 0.416 e. The van der Waals surface area contributed by atoms with Crippen LogP contribution in [0.15, 0.2) is 80.0 Å². The van der Waals surface area contributed by atoms with Gasteiger partial charge in [0, 0.05) is 24.9 Å². The predicted molar refractivity (Wildman–Crippen MR) is 241 cm³/mol. The molecule has 1 aliphatic carbocycles. The number of fused-ring (bicyclic) bond motifs is 4. The molecule has 1 N–H and O–H groups in total. The van der Waals surface area contributed by atoms with Gasteiger partial charge in [-0.1, -0.05) is 37.4 Å². The first kappa shape index (κ1) is 44.9. The van der Waals surface area contributed by atoms with Crippen LogP contribution in [0.3, 0.4) is 0 Å². The number of rotatable bonds is 16. The fourth-order valence-electron chi connectivity index (χ4n) is 9.20. The summed E-state index contributed by atoms with van der Waals surface area (Å²) in [6.07, 6.45) is 7.93. The van der Waals surface area contributed by atoms with Crippen molar-refractivity contribution in [3.63, 3.8) is 0 Å². The molecule has 16 heteroatoms. The van der Waals surface area contributed by atoms with Crippen LogP contribution in [-0.4, -0.2) is 118 Å². The molecule has 4 amide bonds. The van der Waals surface area contributed by atoms with E-state index < -0.39 is 24.5 Å². The molecule has 2 fully saturated rings. The molecule has 0 radical (unpaired) electrons. The van der Waals surface area contributed by atoms with E-state index in [0.29, 0.717) is 67.3 Å². The number of benzene rings is 3. The van der Waals surface area contributed by atoms with Crippen LogP contribution in [0.2, 0.25) is 0 Å². The quantitative estimate of drug-likeness (QED) is 0.111. The third-order valence-electron chi connectivity index (χ3n) is 12.9. The molecule has 3 aromatic rings. The van der Waals surface area contributed by atoms with E-state index in [1.807, 2.05) is 30.5 Å². The van der Waals surface area contributed by atoms with Gasteiger partial charge in [-0.25, -0.2) is 14.5 Å². The maximum absolute atomic E-state index is 14.2. The van der Waals surface area contributed by atoms with E-state index in [1.165, 1.54) is 31.3 Å². The zero-order chi connectivity index (χ0) is 45.8. The Balaban J connectivity index is 0.940. The van der Waals surface area contributed by atoms with Crippen molar-refractivity contribution in [1.29, 1.82) is 0 Å². The van der Waals surface area contributed by atoms with Crippen LogP contribution in [0.25, 0.3) is 5.57 Å². The van der Waals surface area contributed by atoms with Gasteiger partial charge >= 0.3 is 12.2 Å². The SMILES string of the molecule is C=CCOC(=O)N1C[C@@H]2CC(c3ccc(OC)cc3)=CN2C(=O)c2cc(OC)c(OCCCCCOc3cc4c(cc3OC)C(=O)N3CC5(CC[C@H]3C(O)N4C(=O)OCC=C)CC5)cc21. The zero-order valence-electron chi connectivity index (χ0n) is 37.1. The second-order valence-electron chi connectivity index (χ2n) is 16.9. The van der Waals surface area contributed by atoms with Crippen molar-refractivity contribution >= 4 is 40.9 Å².